The van der Waals surface area contributed by atoms with Gasteiger partial charge in [0.2, 0.25) is 0 Å². The average Bonchev–Trinajstić information content (AvgIpc) is 2.62. The van der Waals surface area contributed by atoms with Gasteiger partial charge in [-0.2, -0.15) is 0 Å². The van der Waals surface area contributed by atoms with Gasteiger partial charge in [-0.1, -0.05) is 12.1 Å². The Morgan fingerprint density at radius 3 is 2.64 bits per heavy atom. The van der Waals surface area contributed by atoms with Crippen LogP contribution in [0.15, 0.2) is 48.8 Å². The summed E-state index contributed by atoms with van der Waals surface area (Å²) >= 11 is 0. The lowest BCUT2D eigenvalue weighted by atomic mass is 10.1. The number of carbonyl (C=O) groups excluding carboxylic acids is 1. The molecule has 3 rings (SSSR count). The van der Waals surface area contributed by atoms with Crippen LogP contribution >= 0.6 is 0 Å². The molecule has 2 aromatic rings. The van der Waals surface area contributed by atoms with Crippen LogP contribution in [0.25, 0.3) is 0 Å². The lowest BCUT2D eigenvalue weighted by Crippen LogP contribution is -2.42. The summed E-state index contributed by atoms with van der Waals surface area (Å²) < 4.78 is 11.0. The molecule has 22 heavy (non-hydrogen) atoms. The van der Waals surface area contributed by atoms with Gasteiger partial charge in [-0.3, -0.25) is 9.78 Å². The molecule has 5 heteroatoms. The summed E-state index contributed by atoms with van der Waals surface area (Å²) in [5, 5.41) is 0. The SMILES string of the molecule is COc1ccc(C2CN(C(=O)c3ccncc3)CCO2)cc1. The maximum atomic E-state index is 12.5. The zero-order valence-corrected chi connectivity index (χ0v) is 12.4. The molecule has 0 aliphatic carbocycles. The number of amides is 1. The fraction of sp³-hybridized carbons (Fsp3) is 0.294. The van der Waals surface area contributed by atoms with Gasteiger partial charge in [0, 0.05) is 24.5 Å². The number of nitrogens with zero attached hydrogens (tertiary/aromatic N) is 2. The van der Waals surface area contributed by atoms with E-state index in [0.717, 1.165) is 11.3 Å². The van der Waals surface area contributed by atoms with Crippen LogP contribution in [0.2, 0.25) is 0 Å². The Balaban J connectivity index is 1.72. The van der Waals surface area contributed by atoms with Gasteiger partial charge in [0.25, 0.3) is 5.91 Å². The van der Waals surface area contributed by atoms with Crippen LogP contribution < -0.4 is 4.74 Å². The monoisotopic (exact) mass is 298 g/mol. The molecule has 5 nitrogen and oxygen atoms in total. The Morgan fingerprint density at radius 2 is 1.95 bits per heavy atom. The molecule has 1 fully saturated rings. The van der Waals surface area contributed by atoms with Gasteiger partial charge in [-0.15, -0.1) is 0 Å². The van der Waals surface area contributed by atoms with E-state index in [1.54, 1.807) is 31.6 Å². The largest absolute Gasteiger partial charge is 0.497 e. The van der Waals surface area contributed by atoms with Gasteiger partial charge in [-0.05, 0) is 29.8 Å². The molecule has 1 atom stereocenters. The molecule has 1 aliphatic heterocycles. The highest BCUT2D eigenvalue weighted by Crippen LogP contribution is 2.25. The van der Waals surface area contributed by atoms with Crippen molar-refractivity contribution in [1.82, 2.24) is 9.88 Å². The molecule has 1 amide bonds. The average molecular weight is 298 g/mol. The smallest absolute Gasteiger partial charge is 0.254 e. The van der Waals surface area contributed by atoms with Crippen molar-refractivity contribution in [3.63, 3.8) is 0 Å². The number of aromatic nitrogens is 1. The van der Waals surface area contributed by atoms with Crippen LogP contribution in [0.3, 0.4) is 0 Å². The maximum absolute atomic E-state index is 12.5. The van der Waals surface area contributed by atoms with E-state index in [9.17, 15) is 4.79 Å². The molecule has 0 saturated carbocycles. The predicted molar refractivity (Wildman–Crippen MR) is 81.8 cm³/mol. The molecule has 0 N–H and O–H groups in total. The number of pyridine rings is 1. The third-order valence-electron chi connectivity index (χ3n) is 3.77. The maximum Gasteiger partial charge on any atom is 0.254 e. The van der Waals surface area contributed by atoms with Crippen molar-refractivity contribution in [2.45, 2.75) is 6.10 Å². The van der Waals surface area contributed by atoms with E-state index in [1.165, 1.54) is 0 Å². The third kappa shape index (κ3) is 3.09. The van der Waals surface area contributed by atoms with E-state index in [1.807, 2.05) is 29.2 Å². The lowest BCUT2D eigenvalue weighted by Gasteiger charge is -2.33. The van der Waals surface area contributed by atoms with Crippen LogP contribution in [0.5, 0.6) is 5.75 Å². The van der Waals surface area contributed by atoms with Gasteiger partial charge < -0.3 is 14.4 Å². The lowest BCUT2D eigenvalue weighted by molar-refractivity contribution is -0.0228. The standard InChI is InChI=1S/C17H18N2O3/c1-21-15-4-2-13(3-5-15)16-12-19(10-11-22-16)17(20)14-6-8-18-9-7-14/h2-9,16H,10-12H2,1H3. The summed E-state index contributed by atoms with van der Waals surface area (Å²) in [5.41, 5.74) is 1.71. The van der Waals surface area contributed by atoms with Crippen molar-refractivity contribution >= 4 is 5.91 Å². The minimum Gasteiger partial charge on any atom is -0.497 e. The number of morpholine rings is 1. The molecule has 1 aromatic heterocycles. The Labute approximate surface area is 129 Å². The van der Waals surface area contributed by atoms with Crippen molar-refractivity contribution in [3.05, 3.63) is 59.9 Å². The van der Waals surface area contributed by atoms with Gasteiger partial charge in [0.1, 0.15) is 11.9 Å². The van der Waals surface area contributed by atoms with Crippen molar-refractivity contribution < 1.29 is 14.3 Å². The number of benzene rings is 1. The van der Waals surface area contributed by atoms with Crippen molar-refractivity contribution in [2.24, 2.45) is 0 Å². The van der Waals surface area contributed by atoms with Crippen LogP contribution in [0.1, 0.15) is 22.0 Å². The Hall–Kier alpha value is -2.40. The third-order valence-corrected chi connectivity index (χ3v) is 3.77. The predicted octanol–water partition coefficient (Wildman–Crippen LogP) is 2.30. The quantitative estimate of drug-likeness (QED) is 0.872. The van der Waals surface area contributed by atoms with Crippen LogP contribution in [0, 0.1) is 0 Å². The Bertz CT molecular complexity index is 628. The fourth-order valence-electron chi connectivity index (χ4n) is 2.53. The summed E-state index contributed by atoms with van der Waals surface area (Å²) in [5.74, 6) is 0.827. The highest BCUT2D eigenvalue weighted by Gasteiger charge is 2.26. The summed E-state index contributed by atoms with van der Waals surface area (Å²) in [6, 6.07) is 11.2. The van der Waals surface area contributed by atoms with E-state index in [0.29, 0.717) is 25.3 Å². The first-order valence-electron chi connectivity index (χ1n) is 7.23. The minimum absolute atomic E-state index is 0.0178. The molecular weight excluding hydrogens is 280 g/mol. The van der Waals surface area contributed by atoms with Gasteiger partial charge >= 0.3 is 0 Å². The van der Waals surface area contributed by atoms with Crippen molar-refractivity contribution in [1.29, 1.82) is 0 Å². The molecule has 1 aromatic carbocycles. The molecule has 1 unspecified atom stereocenters. The molecular formula is C17H18N2O3. The van der Waals surface area contributed by atoms with Crippen LogP contribution in [-0.2, 0) is 4.74 Å². The van der Waals surface area contributed by atoms with Crippen LogP contribution in [0.4, 0.5) is 0 Å². The number of carbonyl (C=O) groups is 1. The van der Waals surface area contributed by atoms with E-state index < -0.39 is 0 Å². The second-order valence-electron chi connectivity index (χ2n) is 5.12. The number of methoxy groups -OCH3 is 1. The summed E-state index contributed by atoms with van der Waals surface area (Å²) in [6.07, 6.45) is 3.16. The highest BCUT2D eigenvalue weighted by molar-refractivity contribution is 5.94. The number of rotatable bonds is 3. The zero-order chi connectivity index (χ0) is 15.4. The van der Waals surface area contributed by atoms with E-state index in [4.69, 9.17) is 9.47 Å². The van der Waals surface area contributed by atoms with E-state index >= 15 is 0 Å². The van der Waals surface area contributed by atoms with Gasteiger partial charge in [0.15, 0.2) is 0 Å². The summed E-state index contributed by atoms with van der Waals surface area (Å²) in [4.78, 5) is 18.3. The summed E-state index contributed by atoms with van der Waals surface area (Å²) in [7, 11) is 1.64. The van der Waals surface area contributed by atoms with Crippen molar-refractivity contribution in [3.8, 4) is 5.75 Å². The minimum atomic E-state index is -0.106. The van der Waals surface area contributed by atoms with E-state index in [-0.39, 0.29) is 12.0 Å². The second-order valence-corrected chi connectivity index (χ2v) is 5.12. The second kappa shape index (κ2) is 6.58. The number of hydrogen-bond donors (Lipinski definition) is 0. The highest BCUT2D eigenvalue weighted by atomic mass is 16.5. The first-order valence-corrected chi connectivity index (χ1v) is 7.23. The molecule has 0 radical (unpaired) electrons. The van der Waals surface area contributed by atoms with Gasteiger partial charge in [0.05, 0.1) is 20.3 Å². The topological polar surface area (TPSA) is 51.7 Å². The normalized spacial score (nSPS) is 18.0. The first kappa shape index (κ1) is 14.5. The van der Waals surface area contributed by atoms with Gasteiger partial charge in [-0.25, -0.2) is 0 Å². The molecule has 0 spiro atoms. The Morgan fingerprint density at radius 1 is 1.23 bits per heavy atom. The molecule has 0 bridgehead atoms. The van der Waals surface area contributed by atoms with Crippen LogP contribution in [-0.4, -0.2) is 42.6 Å². The summed E-state index contributed by atoms with van der Waals surface area (Å²) in [6.45, 7) is 1.69. The number of ether oxygens (including phenoxy) is 2. The zero-order valence-electron chi connectivity index (χ0n) is 12.4. The fourth-order valence-corrected chi connectivity index (χ4v) is 2.53. The number of hydrogen-bond acceptors (Lipinski definition) is 4. The van der Waals surface area contributed by atoms with Crippen molar-refractivity contribution in [2.75, 3.05) is 26.8 Å². The van der Waals surface area contributed by atoms with E-state index in [2.05, 4.69) is 4.98 Å². The molecule has 2 heterocycles. The molecule has 1 aliphatic rings. The molecule has 114 valence electrons. The molecule has 1 saturated heterocycles. The first-order chi connectivity index (χ1) is 10.8. The Kier molecular flexibility index (Phi) is 4.34.